The zero-order valence-electron chi connectivity index (χ0n) is 12.2. The van der Waals surface area contributed by atoms with Gasteiger partial charge in [0.05, 0.1) is 5.75 Å². The number of aromatic nitrogens is 2. The molecule has 0 unspecified atom stereocenters. The second-order valence-electron chi connectivity index (χ2n) is 4.79. The largest absolute Gasteiger partial charge is 0.413 e. The first kappa shape index (κ1) is 16.2. The van der Waals surface area contributed by atoms with E-state index in [2.05, 4.69) is 15.5 Å². The summed E-state index contributed by atoms with van der Waals surface area (Å²) in [4.78, 5) is 10.7. The zero-order valence-corrected chi connectivity index (χ0v) is 13.0. The van der Waals surface area contributed by atoms with Crippen LogP contribution in [0.5, 0.6) is 0 Å². The van der Waals surface area contributed by atoms with Crippen molar-refractivity contribution in [3.8, 4) is 0 Å². The normalized spacial score (nSPS) is 11.3. The Kier molecular flexibility index (Phi) is 5.26. The third kappa shape index (κ3) is 4.66. The van der Waals surface area contributed by atoms with Crippen molar-refractivity contribution in [2.45, 2.75) is 30.7 Å². The van der Waals surface area contributed by atoms with E-state index in [1.54, 1.807) is 24.3 Å². The fourth-order valence-corrected chi connectivity index (χ4v) is 2.97. The third-order valence-corrected chi connectivity index (χ3v) is 4.27. The predicted molar refractivity (Wildman–Crippen MR) is 78.6 cm³/mol. The van der Waals surface area contributed by atoms with Crippen molar-refractivity contribution in [1.29, 1.82) is 0 Å². The summed E-state index contributed by atoms with van der Waals surface area (Å²) in [6.45, 7) is 1.91. The molecule has 22 heavy (non-hydrogen) atoms. The van der Waals surface area contributed by atoms with Crippen molar-refractivity contribution in [3.05, 3.63) is 41.8 Å². The maximum atomic E-state index is 12.2. The van der Waals surface area contributed by atoms with Crippen molar-refractivity contribution in [2.24, 2.45) is 0 Å². The van der Waals surface area contributed by atoms with Gasteiger partial charge >= 0.3 is 5.22 Å². The van der Waals surface area contributed by atoms with Gasteiger partial charge in [-0.1, -0.05) is 35.4 Å². The van der Waals surface area contributed by atoms with Crippen LogP contribution >= 0.6 is 0 Å². The number of hydrogen-bond donors (Lipinski definition) is 1. The van der Waals surface area contributed by atoms with Crippen LogP contribution < -0.4 is 5.32 Å². The van der Waals surface area contributed by atoms with Crippen molar-refractivity contribution in [3.63, 3.8) is 0 Å². The Hall–Kier alpha value is -2.22. The molecule has 7 nitrogen and oxygen atoms in total. The van der Waals surface area contributed by atoms with Crippen LogP contribution in [0.2, 0.25) is 0 Å². The predicted octanol–water partition coefficient (Wildman–Crippen LogP) is 1.11. The summed E-state index contributed by atoms with van der Waals surface area (Å²) in [6, 6.07) is 8.80. The van der Waals surface area contributed by atoms with Crippen LogP contribution in [0.3, 0.4) is 0 Å². The summed E-state index contributed by atoms with van der Waals surface area (Å²) in [5.41, 5.74) is 0.660. The average molecular weight is 323 g/mol. The van der Waals surface area contributed by atoms with Crippen LogP contribution in [-0.4, -0.2) is 31.1 Å². The number of aryl methyl sites for hydroxylation is 1. The average Bonchev–Trinajstić information content (AvgIpc) is 2.94. The van der Waals surface area contributed by atoms with E-state index in [9.17, 15) is 13.2 Å². The van der Waals surface area contributed by atoms with Crippen LogP contribution in [0.15, 0.2) is 40.0 Å². The zero-order chi connectivity index (χ0) is 16.0. The molecule has 118 valence electrons. The van der Waals surface area contributed by atoms with Gasteiger partial charge in [-0.2, -0.15) is 0 Å². The Morgan fingerprint density at radius 1 is 1.23 bits per heavy atom. The van der Waals surface area contributed by atoms with Crippen molar-refractivity contribution < 1.29 is 17.6 Å². The van der Waals surface area contributed by atoms with Gasteiger partial charge in [-0.25, -0.2) is 8.42 Å². The van der Waals surface area contributed by atoms with Crippen molar-refractivity contribution in [1.82, 2.24) is 15.5 Å². The highest BCUT2D eigenvalue weighted by molar-refractivity contribution is 7.90. The van der Waals surface area contributed by atoms with E-state index in [0.29, 0.717) is 24.9 Å². The van der Waals surface area contributed by atoms with Gasteiger partial charge in [0.2, 0.25) is 21.6 Å². The number of carbonyl (C=O) groups is 1. The maximum Gasteiger partial charge on any atom is 0.335 e. The fourth-order valence-electron chi connectivity index (χ4n) is 1.82. The van der Waals surface area contributed by atoms with Gasteiger partial charge in [-0.15, -0.1) is 5.10 Å². The summed E-state index contributed by atoms with van der Waals surface area (Å²) < 4.78 is 29.6. The highest BCUT2D eigenvalue weighted by Crippen LogP contribution is 2.15. The first-order chi connectivity index (χ1) is 10.5. The number of carbonyl (C=O) groups excluding carboxylic acids is 1. The lowest BCUT2D eigenvalue weighted by atomic mass is 10.2. The molecule has 2 rings (SSSR count). The Morgan fingerprint density at radius 3 is 2.64 bits per heavy atom. The topological polar surface area (TPSA) is 102 Å². The molecule has 8 heteroatoms. The molecule has 0 fully saturated rings. The number of nitrogens with zero attached hydrogens (tertiary/aromatic N) is 2. The molecule has 2 aromatic rings. The molecule has 1 heterocycles. The summed E-state index contributed by atoms with van der Waals surface area (Å²) in [5, 5.41) is 9.61. The number of amides is 1. The van der Waals surface area contributed by atoms with Crippen LogP contribution in [-0.2, 0) is 26.8 Å². The lowest BCUT2D eigenvalue weighted by Gasteiger charge is -2.00. The quantitative estimate of drug-likeness (QED) is 0.766. The van der Waals surface area contributed by atoms with Crippen molar-refractivity contribution in [2.75, 3.05) is 6.54 Å². The molecule has 0 aliphatic heterocycles. The number of nitrogens with one attached hydrogen (secondary N) is 1. The smallest absolute Gasteiger partial charge is 0.335 e. The number of benzene rings is 1. The maximum absolute atomic E-state index is 12.2. The highest BCUT2D eigenvalue weighted by Gasteiger charge is 2.22. The van der Waals surface area contributed by atoms with Gasteiger partial charge in [-0.05, 0) is 12.0 Å². The van der Waals surface area contributed by atoms with E-state index >= 15 is 0 Å². The van der Waals surface area contributed by atoms with E-state index in [4.69, 9.17) is 4.42 Å². The van der Waals surface area contributed by atoms with Crippen LogP contribution in [0.4, 0.5) is 0 Å². The minimum atomic E-state index is -3.65. The van der Waals surface area contributed by atoms with E-state index in [1.165, 1.54) is 6.92 Å². The summed E-state index contributed by atoms with van der Waals surface area (Å²) >= 11 is 0. The molecular weight excluding hydrogens is 306 g/mol. The van der Waals surface area contributed by atoms with Gasteiger partial charge in [0.1, 0.15) is 0 Å². The van der Waals surface area contributed by atoms with Gasteiger partial charge in [0.15, 0.2) is 0 Å². The molecular formula is C14H17N3O4S. The lowest BCUT2D eigenvalue weighted by molar-refractivity contribution is -0.118. The van der Waals surface area contributed by atoms with Gasteiger partial charge in [-0.3, -0.25) is 4.79 Å². The van der Waals surface area contributed by atoms with E-state index in [-0.39, 0.29) is 22.8 Å². The van der Waals surface area contributed by atoms with Gasteiger partial charge in [0.25, 0.3) is 0 Å². The van der Waals surface area contributed by atoms with E-state index < -0.39 is 9.84 Å². The molecule has 1 N–H and O–H groups in total. The molecule has 0 saturated carbocycles. The number of rotatable bonds is 7. The summed E-state index contributed by atoms with van der Waals surface area (Å²) in [6.07, 6.45) is 1.01. The Labute approximate surface area is 128 Å². The first-order valence-corrected chi connectivity index (χ1v) is 8.46. The molecule has 0 atom stereocenters. The second kappa shape index (κ2) is 7.17. The Balaban J connectivity index is 1.96. The SMILES string of the molecule is CC(=O)NCCCc1nnc(S(=O)(=O)Cc2ccccc2)o1. The minimum Gasteiger partial charge on any atom is -0.413 e. The Morgan fingerprint density at radius 2 is 1.95 bits per heavy atom. The van der Waals surface area contributed by atoms with Crippen molar-refractivity contribution >= 4 is 15.7 Å². The minimum absolute atomic E-state index is 0.114. The second-order valence-corrected chi connectivity index (χ2v) is 6.66. The molecule has 1 aromatic heterocycles. The molecule has 0 bridgehead atoms. The molecule has 0 aliphatic rings. The number of hydrogen-bond acceptors (Lipinski definition) is 6. The highest BCUT2D eigenvalue weighted by atomic mass is 32.2. The summed E-state index contributed by atoms with van der Waals surface area (Å²) in [7, 11) is -3.65. The molecule has 1 amide bonds. The third-order valence-electron chi connectivity index (χ3n) is 2.86. The molecule has 0 spiro atoms. The van der Waals surface area contributed by atoms with Gasteiger partial charge < -0.3 is 9.73 Å². The monoisotopic (exact) mass is 323 g/mol. The first-order valence-electron chi connectivity index (χ1n) is 6.81. The molecule has 0 saturated heterocycles. The molecule has 0 aliphatic carbocycles. The lowest BCUT2D eigenvalue weighted by Crippen LogP contribution is -2.21. The van der Waals surface area contributed by atoms with Gasteiger partial charge in [0, 0.05) is 19.9 Å². The van der Waals surface area contributed by atoms with Crippen LogP contribution in [0.1, 0.15) is 24.8 Å². The Bertz CT molecular complexity index is 726. The van der Waals surface area contributed by atoms with E-state index in [0.717, 1.165) is 0 Å². The van der Waals surface area contributed by atoms with E-state index in [1.807, 2.05) is 6.07 Å². The number of sulfone groups is 1. The van der Waals surface area contributed by atoms with Crippen LogP contribution in [0, 0.1) is 0 Å². The van der Waals surface area contributed by atoms with Crippen LogP contribution in [0.25, 0.3) is 0 Å². The molecule has 1 aromatic carbocycles. The molecule has 0 radical (unpaired) electrons. The standard InChI is InChI=1S/C14H17N3O4S/c1-11(18)15-9-5-8-13-16-17-14(21-13)22(19,20)10-12-6-3-2-4-7-12/h2-4,6-7H,5,8-10H2,1H3,(H,15,18). The fraction of sp³-hybridized carbons (Fsp3) is 0.357. The summed E-state index contributed by atoms with van der Waals surface area (Å²) in [5.74, 6) is -0.0462.